The Balaban J connectivity index is 2.66. The first-order chi connectivity index (χ1) is 10.0. The highest BCUT2D eigenvalue weighted by Crippen LogP contribution is 2.13. The lowest BCUT2D eigenvalue weighted by Gasteiger charge is -2.24. The van der Waals surface area contributed by atoms with Crippen LogP contribution in [0.1, 0.15) is 39.5 Å². The third-order valence-corrected chi connectivity index (χ3v) is 3.22. The normalized spacial score (nSPS) is 11.7. The number of urea groups is 1. The zero-order chi connectivity index (χ0) is 15.7. The van der Waals surface area contributed by atoms with E-state index in [0.717, 1.165) is 25.7 Å². The average Bonchev–Trinajstić information content (AvgIpc) is 2.45. The van der Waals surface area contributed by atoms with E-state index in [-0.39, 0.29) is 18.6 Å². The number of hydrogen-bond acceptors (Lipinski definition) is 2. The molecule has 0 saturated heterocycles. The maximum atomic E-state index is 12.3. The fraction of sp³-hybridized carbons (Fsp3) is 0.500. The Morgan fingerprint density at radius 3 is 2.48 bits per heavy atom. The lowest BCUT2D eigenvalue weighted by Crippen LogP contribution is -2.46. The second kappa shape index (κ2) is 9.00. The van der Waals surface area contributed by atoms with Crippen LogP contribution >= 0.6 is 0 Å². The van der Waals surface area contributed by atoms with Crippen molar-refractivity contribution >= 4 is 17.7 Å². The molecule has 1 aromatic rings. The number of amides is 2. The van der Waals surface area contributed by atoms with E-state index < -0.39 is 5.97 Å². The van der Waals surface area contributed by atoms with E-state index >= 15 is 0 Å². The fourth-order valence-corrected chi connectivity index (χ4v) is 2.08. The second-order valence-corrected chi connectivity index (χ2v) is 5.16. The van der Waals surface area contributed by atoms with Crippen molar-refractivity contribution in [3.8, 4) is 0 Å². The number of unbranched alkanes of at least 4 members (excludes halogenated alkanes) is 2. The van der Waals surface area contributed by atoms with Gasteiger partial charge in [0.25, 0.3) is 0 Å². The highest BCUT2D eigenvalue weighted by atomic mass is 16.4. The molecule has 0 heterocycles. The molecule has 0 aliphatic rings. The second-order valence-electron chi connectivity index (χ2n) is 5.16. The van der Waals surface area contributed by atoms with Crippen LogP contribution in [0.4, 0.5) is 10.5 Å². The van der Waals surface area contributed by atoms with E-state index in [0.29, 0.717) is 5.69 Å². The molecule has 1 rings (SSSR count). The first-order valence-electron chi connectivity index (χ1n) is 7.39. The third-order valence-electron chi connectivity index (χ3n) is 3.22. The van der Waals surface area contributed by atoms with Gasteiger partial charge in [-0.15, -0.1) is 0 Å². The summed E-state index contributed by atoms with van der Waals surface area (Å²) in [6.45, 7) is 3.72. The van der Waals surface area contributed by atoms with Crippen molar-refractivity contribution in [3.63, 3.8) is 0 Å². The van der Waals surface area contributed by atoms with E-state index in [9.17, 15) is 9.59 Å². The molecule has 0 saturated carbocycles. The highest BCUT2D eigenvalue weighted by molar-refractivity contribution is 5.96. The molecule has 116 valence electrons. The number of anilines is 1. The van der Waals surface area contributed by atoms with Crippen LogP contribution < -0.4 is 10.2 Å². The Hall–Kier alpha value is -2.04. The summed E-state index contributed by atoms with van der Waals surface area (Å²) in [5, 5.41) is 11.8. The van der Waals surface area contributed by atoms with Crippen LogP contribution in [0.3, 0.4) is 0 Å². The maximum absolute atomic E-state index is 12.3. The van der Waals surface area contributed by atoms with Gasteiger partial charge in [0.1, 0.15) is 6.54 Å². The van der Waals surface area contributed by atoms with Crippen molar-refractivity contribution in [2.24, 2.45) is 0 Å². The molecule has 0 radical (unpaired) electrons. The van der Waals surface area contributed by atoms with Crippen molar-refractivity contribution in [1.29, 1.82) is 0 Å². The van der Waals surface area contributed by atoms with Gasteiger partial charge in [0.05, 0.1) is 0 Å². The molecule has 0 spiro atoms. The number of nitrogens with zero attached hydrogens (tertiary/aromatic N) is 1. The molecule has 2 amide bonds. The number of rotatable bonds is 8. The molecule has 0 aliphatic carbocycles. The maximum Gasteiger partial charge on any atom is 0.323 e. The molecule has 0 bridgehead atoms. The van der Waals surface area contributed by atoms with E-state index in [1.165, 1.54) is 4.90 Å². The number of hydrogen-bond donors (Lipinski definition) is 2. The van der Waals surface area contributed by atoms with Crippen LogP contribution in [-0.2, 0) is 4.79 Å². The van der Waals surface area contributed by atoms with Gasteiger partial charge < -0.3 is 10.4 Å². The fourth-order valence-electron chi connectivity index (χ4n) is 2.08. The predicted molar refractivity (Wildman–Crippen MR) is 83.6 cm³/mol. The largest absolute Gasteiger partial charge is 0.480 e. The molecule has 5 heteroatoms. The van der Waals surface area contributed by atoms with Gasteiger partial charge in [-0.3, -0.25) is 9.69 Å². The number of para-hydroxylation sites is 1. The highest BCUT2D eigenvalue weighted by Gasteiger charge is 2.19. The Labute approximate surface area is 126 Å². The smallest absolute Gasteiger partial charge is 0.323 e. The first-order valence-corrected chi connectivity index (χ1v) is 7.39. The van der Waals surface area contributed by atoms with Gasteiger partial charge in [-0.2, -0.15) is 0 Å². The van der Waals surface area contributed by atoms with Gasteiger partial charge in [0, 0.05) is 11.7 Å². The zero-order valence-electron chi connectivity index (χ0n) is 12.7. The summed E-state index contributed by atoms with van der Waals surface area (Å²) in [5.41, 5.74) is 0.582. The molecule has 1 unspecified atom stereocenters. The number of carbonyl (C=O) groups is 2. The van der Waals surface area contributed by atoms with E-state index in [2.05, 4.69) is 12.2 Å². The molecule has 0 aliphatic heterocycles. The molecular weight excluding hydrogens is 268 g/mol. The van der Waals surface area contributed by atoms with E-state index in [4.69, 9.17) is 5.11 Å². The number of aliphatic carboxylic acids is 1. The van der Waals surface area contributed by atoms with Gasteiger partial charge in [-0.05, 0) is 25.5 Å². The van der Waals surface area contributed by atoms with E-state index in [1.54, 1.807) is 24.3 Å². The van der Waals surface area contributed by atoms with Crippen LogP contribution in [0.25, 0.3) is 0 Å². The lowest BCUT2D eigenvalue weighted by atomic mass is 10.1. The topological polar surface area (TPSA) is 69.6 Å². The van der Waals surface area contributed by atoms with Gasteiger partial charge in [-0.1, -0.05) is 44.4 Å². The Kier molecular flexibility index (Phi) is 7.29. The number of carboxylic acid groups (broad SMARTS) is 1. The molecule has 5 nitrogen and oxygen atoms in total. The SMILES string of the molecule is CCCCCC(C)NC(=O)N(CC(=O)O)c1ccccc1. The van der Waals surface area contributed by atoms with Crippen LogP contribution in [-0.4, -0.2) is 29.7 Å². The monoisotopic (exact) mass is 292 g/mol. The average molecular weight is 292 g/mol. The Bertz CT molecular complexity index is 448. The number of carboxylic acids is 1. The summed E-state index contributed by atoms with van der Waals surface area (Å²) < 4.78 is 0. The quantitative estimate of drug-likeness (QED) is 0.723. The summed E-state index contributed by atoms with van der Waals surface area (Å²) in [4.78, 5) is 24.5. The summed E-state index contributed by atoms with van der Waals surface area (Å²) in [5.74, 6) is -1.03. The standard InChI is InChI=1S/C16H24N2O3/c1-3-4-6-9-13(2)17-16(21)18(12-15(19)20)14-10-7-5-8-11-14/h5,7-8,10-11,13H,3-4,6,9,12H2,1-2H3,(H,17,21)(H,19,20). The minimum Gasteiger partial charge on any atom is -0.480 e. The summed E-state index contributed by atoms with van der Waals surface area (Å²) in [7, 11) is 0. The van der Waals surface area contributed by atoms with Crippen LogP contribution in [0.2, 0.25) is 0 Å². The van der Waals surface area contributed by atoms with E-state index in [1.807, 2.05) is 13.0 Å². The van der Waals surface area contributed by atoms with Crippen LogP contribution in [0.5, 0.6) is 0 Å². The van der Waals surface area contributed by atoms with Gasteiger partial charge >= 0.3 is 12.0 Å². The minimum absolute atomic E-state index is 0.0315. The molecule has 0 aromatic heterocycles. The lowest BCUT2D eigenvalue weighted by molar-refractivity contribution is -0.135. The molecule has 0 fully saturated rings. The number of benzene rings is 1. The van der Waals surface area contributed by atoms with Crippen molar-refractivity contribution in [1.82, 2.24) is 5.32 Å². The first kappa shape index (κ1) is 17.0. The number of nitrogens with one attached hydrogen (secondary N) is 1. The van der Waals surface area contributed by atoms with Gasteiger partial charge in [0.2, 0.25) is 0 Å². The Morgan fingerprint density at radius 2 is 1.90 bits per heavy atom. The van der Waals surface area contributed by atoms with Crippen LogP contribution in [0, 0.1) is 0 Å². The third kappa shape index (κ3) is 6.29. The molecular formula is C16H24N2O3. The van der Waals surface area contributed by atoms with Crippen molar-refractivity contribution in [2.45, 2.75) is 45.6 Å². The summed E-state index contributed by atoms with van der Waals surface area (Å²) in [6.07, 6.45) is 4.23. The molecule has 2 N–H and O–H groups in total. The van der Waals surface area contributed by atoms with Crippen molar-refractivity contribution in [2.75, 3.05) is 11.4 Å². The summed E-state index contributed by atoms with van der Waals surface area (Å²) >= 11 is 0. The van der Waals surface area contributed by atoms with Crippen LogP contribution in [0.15, 0.2) is 30.3 Å². The molecule has 21 heavy (non-hydrogen) atoms. The van der Waals surface area contributed by atoms with Gasteiger partial charge in [-0.25, -0.2) is 4.79 Å². The Morgan fingerprint density at radius 1 is 1.24 bits per heavy atom. The predicted octanol–water partition coefficient (Wildman–Crippen LogP) is 3.26. The molecule has 1 aromatic carbocycles. The number of carbonyl (C=O) groups excluding carboxylic acids is 1. The van der Waals surface area contributed by atoms with Crippen molar-refractivity contribution < 1.29 is 14.7 Å². The van der Waals surface area contributed by atoms with Gasteiger partial charge in [0.15, 0.2) is 0 Å². The summed E-state index contributed by atoms with van der Waals surface area (Å²) in [6, 6.07) is 8.50. The minimum atomic E-state index is -1.03. The van der Waals surface area contributed by atoms with Crippen molar-refractivity contribution in [3.05, 3.63) is 30.3 Å². The molecule has 1 atom stereocenters. The zero-order valence-corrected chi connectivity index (χ0v) is 12.7.